The van der Waals surface area contributed by atoms with Crippen molar-refractivity contribution >= 4 is 5.78 Å². The summed E-state index contributed by atoms with van der Waals surface area (Å²) in [5.41, 5.74) is 0.567. The monoisotopic (exact) mass is 322 g/mol. The third-order valence-corrected chi connectivity index (χ3v) is 6.63. The molecule has 5 heteroatoms. The molecule has 3 fully saturated rings. The van der Waals surface area contributed by atoms with E-state index in [0.29, 0.717) is 31.1 Å². The zero-order valence-electron chi connectivity index (χ0n) is 13.8. The van der Waals surface area contributed by atoms with Crippen molar-refractivity contribution < 1.29 is 24.5 Å². The van der Waals surface area contributed by atoms with Gasteiger partial charge in [-0.2, -0.15) is 0 Å². The van der Waals surface area contributed by atoms with E-state index in [1.165, 1.54) is 0 Å². The highest BCUT2D eigenvalue weighted by molar-refractivity contribution is 5.97. The number of carbonyl (C=O) groups is 1. The van der Waals surface area contributed by atoms with Gasteiger partial charge in [-0.15, -0.1) is 0 Å². The van der Waals surface area contributed by atoms with Gasteiger partial charge in [0.2, 0.25) is 0 Å². The summed E-state index contributed by atoms with van der Waals surface area (Å²) in [6.45, 7) is 4.61. The number of ether oxygens (including phenoxy) is 2. The van der Waals surface area contributed by atoms with Gasteiger partial charge in [0.1, 0.15) is 0 Å². The lowest BCUT2D eigenvalue weighted by Gasteiger charge is -2.42. The number of carbonyl (C=O) groups excluding carboxylic acids is 1. The van der Waals surface area contributed by atoms with Gasteiger partial charge in [-0.3, -0.25) is 4.79 Å². The van der Waals surface area contributed by atoms with Crippen LogP contribution in [0.5, 0.6) is 0 Å². The van der Waals surface area contributed by atoms with Crippen LogP contribution in [0.15, 0.2) is 11.3 Å². The van der Waals surface area contributed by atoms with Crippen molar-refractivity contribution in [2.45, 2.75) is 57.3 Å². The fraction of sp³-hybridized carbons (Fsp3) is 0.833. The van der Waals surface area contributed by atoms with E-state index in [2.05, 4.69) is 6.92 Å². The molecule has 0 amide bonds. The fourth-order valence-electron chi connectivity index (χ4n) is 5.77. The van der Waals surface area contributed by atoms with E-state index >= 15 is 0 Å². The number of fused-ring (bicyclic) bond motifs is 2. The largest absolute Gasteiger partial charge is 0.490 e. The molecule has 7 atom stereocenters. The van der Waals surface area contributed by atoms with Gasteiger partial charge in [-0.25, -0.2) is 0 Å². The van der Waals surface area contributed by atoms with E-state index < -0.39 is 11.7 Å². The lowest BCUT2D eigenvalue weighted by Crippen LogP contribution is -2.50. The molecule has 4 rings (SSSR count). The predicted octanol–water partition coefficient (Wildman–Crippen LogP) is 1.42. The Morgan fingerprint density at radius 1 is 1.35 bits per heavy atom. The van der Waals surface area contributed by atoms with Crippen LogP contribution >= 0.6 is 0 Å². The molecule has 0 aromatic carbocycles. The summed E-state index contributed by atoms with van der Waals surface area (Å²) in [7, 11) is 0. The van der Waals surface area contributed by atoms with Crippen LogP contribution in [0.1, 0.15) is 39.5 Å². The number of hydrogen-bond acceptors (Lipinski definition) is 5. The van der Waals surface area contributed by atoms with E-state index in [9.17, 15) is 15.0 Å². The molecule has 1 spiro atoms. The number of rotatable bonds is 3. The third kappa shape index (κ3) is 1.93. The molecule has 2 N–H and O–H groups in total. The average molecular weight is 322 g/mol. The Labute approximate surface area is 136 Å². The third-order valence-electron chi connectivity index (χ3n) is 6.63. The number of Topliss-reactive ketones (excluding diaryl/α,β-unsaturated/α-hetero) is 1. The molecule has 0 radical (unpaired) electrons. The minimum atomic E-state index is -0.481. The number of aliphatic hydroxyl groups excluding tert-OH is 2. The first-order chi connectivity index (χ1) is 11.0. The van der Waals surface area contributed by atoms with Gasteiger partial charge in [-0.1, -0.05) is 6.92 Å². The summed E-state index contributed by atoms with van der Waals surface area (Å²) in [4.78, 5) is 12.5. The smallest absolute Gasteiger partial charge is 0.198 e. The van der Waals surface area contributed by atoms with Crippen molar-refractivity contribution in [1.82, 2.24) is 0 Å². The standard InChI is InChI=1S/C18H26O5/c1-3-22-17-11-5-10(8-19)6-13-16(21)15-4-9(2)18(13,23-15)12(11)7-14(17)20/h9-10,12-13,15-16,19,21H,3-8H2,1-2H3/t9-,10+,12-,13-,15+,16-,18+/m1/s1. The number of allylic oxidation sites excluding steroid dienone is 1. The van der Waals surface area contributed by atoms with Crippen molar-refractivity contribution in [3.05, 3.63) is 11.3 Å². The normalized spacial score (nSPS) is 48.4. The van der Waals surface area contributed by atoms with E-state index in [-0.39, 0.29) is 36.2 Å². The summed E-state index contributed by atoms with van der Waals surface area (Å²) in [6.07, 6.45) is 2.10. The Bertz CT molecular complexity index is 556. The number of hydrogen-bond donors (Lipinski definition) is 2. The first-order valence-electron chi connectivity index (χ1n) is 8.88. The van der Waals surface area contributed by atoms with E-state index in [1.54, 1.807) is 0 Å². The van der Waals surface area contributed by atoms with Gasteiger partial charge < -0.3 is 19.7 Å². The van der Waals surface area contributed by atoms with Gasteiger partial charge in [0.25, 0.3) is 0 Å². The quantitative estimate of drug-likeness (QED) is 0.822. The van der Waals surface area contributed by atoms with E-state index in [0.717, 1.165) is 18.4 Å². The highest BCUT2D eigenvalue weighted by atomic mass is 16.5. The number of ketones is 1. The lowest BCUT2D eigenvalue weighted by molar-refractivity contribution is -0.121. The molecule has 0 aromatic rings. The Balaban J connectivity index is 1.83. The highest BCUT2D eigenvalue weighted by Gasteiger charge is 2.68. The topological polar surface area (TPSA) is 76.0 Å². The maximum absolute atomic E-state index is 12.5. The Morgan fingerprint density at radius 3 is 2.83 bits per heavy atom. The average Bonchev–Trinajstić information content (AvgIpc) is 3.07. The van der Waals surface area contributed by atoms with Crippen LogP contribution in [0, 0.1) is 23.7 Å². The molecule has 128 valence electrons. The van der Waals surface area contributed by atoms with Crippen LogP contribution in [0.3, 0.4) is 0 Å². The second-order valence-corrected chi connectivity index (χ2v) is 7.70. The second kappa shape index (κ2) is 5.30. The van der Waals surface area contributed by atoms with Gasteiger partial charge in [0, 0.05) is 24.9 Å². The second-order valence-electron chi connectivity index (χ2n) is 7.70. The molecule has 2 aliphatic carbocycles. The predicted molar refractivity (Wildman–Crippen MR) is 82.5 cm³/mol. The first kappa shape index (κ1) is 15.6. The van der Waals surface area contributed by atoms with Crippen LogP contribution < -0.4 is 0 Å². The Kier molecular flexibility index (Phi) is 3.59. The summed E-state index contributed by atoms with van der Waals surface area (Å²) in [5.74, 6) is 0.931. The van der Waals surface area contributed by atoms with Crippen molar-refractivity contribution in [3.63, 3.8) is 0 Å². The fourth-order valence-corrected chi connectivity index (χ4v) is 5.77. The molecular weight excluding hydrogens is 296 g/mol. The molecule has 4 aliphatic rings. The molecule has 2 saturated heterocycles. The molecule has 2 aliphatic heterocycles. The van der Waals surface area contributed by atoms with Crippen molar-refractivity contribution in [2.24, 2.45) is 23.7 Å². The minimum Gasteiger partial charge on any atom is -0.490 e. The van der Waals surface area contributed by atoms with Gasteiger partial charge in [0.15, 0.2) is 11.5 Å². The Morgan fingerprint density at radius 2 is 2.13 bits per heavy atom. The highest BCUT2D eigenvalue weighted by Crippen LogP contribution is 2.62. The maximum atomic E-state index is 12.5. The van der Waals surface area contributed by atoms with E-state index in [1.807, 2.05) is 6.92 Å². The van der Waals surface area contributed by atoms with Gasteiger partial charge in [0.05, 0.1) is 24.4 Å². The molecule has 2 heterocycles. The van der Waals surface area contributed by atoms with Crippen LogP contribution in [-0.2, 0) is 14.3 Å². The molecule has 0 unspecified atom stereocenters. The van der Waals surface area contributed by atoms with Gasteiger partial charge in [-0.05, 0) is 43.6 Å². The number of aliphatic hydroxyl groups is 2. The summed E-state index contributed by atoms with van der Waals surface area (Å²) >= 11 is 0. The molecule has 2 bridgehead atoms. The molecule has 1 saturated carbocycles. The van der Waals surface area contributed by atoms with E-state index in [4.69, 9.17) is 9.47 Å². The minimum absolute atomic E-state index is 0.00433. The zero-order chi connectivity index (χ0) is 16.4. The van der Waals surface area contributed by atoms with Crippen LogP contribution in [0.4, 0.5) is 0 Å². The zero-order valence-corrected chi connectivity index (χ0v) is 13.8. The van der Waals surface area contributed by atoms with Crippen molar-refractivity contribution in [1.29, 1.82) is 0 Å². The molecule has 23 heavy (non-hydrogen) atoms. The maximum Gasteiger partial charge on any atom is 0.198 e. The first-order valence-corrected chi connectivity index (χ1v) is 8.88. The van der Waals surface area contributed by atoms with Crippen LogP contribution in [0.2, 0.25) is 0 Å². The van der Waals surface area contributed by atoms with Gasteiger partial charge >= 0.3 is 0 Å². The lowest BCUT2D eigenvalue weighted by atomic mass is 9.63. The molecule has 0 aromatic heterocycles. The summed E-state index contributed by atoms with van der Waals surface area (Å²) in [5, 5.41) is 20.5. The van der Waals surface area contributed by atoms with Crippen LogP contribution in [-0.4, -0.2) is 47.0 Å². The van der Waals surface area contributed by atoms with Crippen LogP contribution in [0.25, 0.3) is 0 Å². The van der Waals surface area contributed by atoms with Crippen molar-refractivity contribution in [3.8, 4) is 0 Å². The summed E-state index contributed by atoms with van der Waals surface area (Å²) < 4.78 is 12.1. The Hall–Kier alpha value is -0.910. The SMILES string of the molecule is CCOC1=C2C[C@H](CO)C[C@@H]3[C@@H](O)[C@@H]4C[C@@H](C)[C@]3(O4)[C@@H]2CC1=O. The molecule has 5 nitrogen and oxygen atoms in total. The summed E-state index contributed by atoms with van der Waals surface area (Å²) in [6, 6.07) is 0. The van der Waals surface area contributed by atoms with Crippen molar-refractivity contribution in [2.75, 3.05) is 13.2 Å². The molecular formula is C18H26O5.